The van der Waals surface area contributed by atoms with Gasteiger partial charge in [-0.15, -0.1) is 0 Å². The lowest BCUT2D eigenvalue weighted by molar-refractivity contribution is 0.0693. The molecule has 74 valence electrons. The largest absolute Gasteiger partial charge is 0.478 e. The van der Waals surface area contributed by atoms with Crippen LogP contribution in [0.15, 0.2) is 12.1 Å². The summed E-state index contributed by atoms with van der Waals surface area (Å²) in [5.74, 6) is -1.89. The molecule has 0 amide bonds. The van der Waals surface area contributed by atoms with Crippen LogP contribution in [-0.4, -0.2) is 17.6 Å². The van der Waals surface area contributed by atoms with Gasteiger partial charge in [0.2, 0.25) is 0 Å². The summed E-state index contributed by atoms with van der Waals surface area (Å²) in [5.41, 5.74) is 1.10. The standard InChI is InChI=1S/C10H10FNO2/c11-7-4-3-6-2-1-5-12-9(6)8(7)10(13)14/h3-4,12H,1-2,5H2,(H,13,14). The average Bonchev–Trinajstić information content (AvgIpc) is 2.17. The molecule has 1 aromatic carbocycles. The number of fused-ring (bicyclic) bond motifs is 1. The molecule has 0 aliphatic carbocycles. The Balaban J connectivity index is 2.60. The number of anilines is 1. The molecule has 0 radical (unpaired) electrons. The summed E-state index contributed by atoms with van der Waals surface area (Å²) >= 11 is 0. The van der Waals surface area contributed by atoms with E-state index >= 15 is 0 Å². The Morgan fingerprint density at radius 3 is 3.00 bits per heavy atom. The van der Waals surface area contributed by atoms with Gasteiger partial charge in [-0.05, 0) is 24.5 Å². The van der Waals surface area contributed by atoms with Crippen LogP contribution < -0.4 is 5.32 Å². The molecule has 0 saturated carbocycles. The van der Waals surface area contributed by atoms with Crippen LogP contribution in [0, 0.1) is 5.82 Å². The van der Waals surface area contributed by atoms with Crippen molar-refractivity contribution in [2.24, 2.45) is 0 Å². The zero-order chi connectivity index (χ0) is 10.1. The van der Waals surface area contributed by atoms with E-state index in [2.05, 4.69) is 5.32 Å². The molecule has 2 N–H and O–H groups in total. The van der Waals surface area contributed by atoms with Crippen LogP contribution in [-0.2, 0) is 6.42 Å². The van der Waals surface area contributed by atoms with E-state index in [9.17, 15) is 9.18 Å². The summed E-state index contributed by atoms with van der Waals surface area (Å²) in [5, 5.41) is 11.8. The number of rotatable bonds is 1. The monoisotopic (exact) mass is 195 g/mol. The van der Waals surface area contributed by atoms with Gasteiger partial charge >= 0.3 is 5.97 Å². The van der Waals surface area contributed by atoms with Gasteiger partial charge < -0.3 is 10.4 Å². The summed E-state index contributed by atoms with van der Waals surface area (Å²) < 4.78 is 13.2. The maximum absolute atomic E-state index is 13.2. The molecule has 14 heavy (non-hydrogen) atoms. The second kappa shape index (κ2) is 3.29. The molecule has 3 nitrogen and oxygen atoms in total. The number of carboxylic acids is 1. The van der Waals surface area contributed by atoms with E-state index in [0.29, 0.717) is 12.2 Å². The highest BCUT2D eigenvalue weighted by Crippen LogP contribution is 2.28. The van der Waals surface area contributed by atoms with Gasteiger partial charge in [-0.2, -0.15) is 0 Å². The smallest absolute Gasteiger partial charge is 0.340 e. The van der Waals surface area contributed by atoms with Gasteiger partial charge in [-0.3, -0.25) is 0 Å². The Morgan fingerprint density at radius 1 is 1.50 bits per heavy atom. The van der Waals surface area contributed by atoms with Crippen molar-refractivity contribution in [3.05, 3.63) is 29.1 Å². The maximum atomic E-state index is 13.2. The van der Waals surface area contributed by atoms with E-state index in [4.69, 9.17) is 5.11 Å². The van der Waals surface area contributed by atoms with Gasteiger partial charge in [-0.1, -0.05) is 6.07 Å². The Hall–Kier alpha value is -1.58. The molecular formula is C10H10FNO2. The molecule has 0 atom stereocenters. The molecule has 0 bridgehead atoms. The first kappa shape index (κ1) is 8.99. The van der Waals surface area contributed by atoms with Crippen molar-refractivity contribution in [1.82, 2.24) is 0 Å². The van der Waals surface area contributed by atoms with E-state index in [1.807, 2.05) is 0 Å². The lowest BCUT2D eigenvalue weighted by Crippen LogP contribution is -2.17. The second-order valence-electron chi connectivity index (χ2n) is 3.29. The summed E-state index contributed by atoms with van der Waals surface area (Å²) in [4.78, 5) is 10.8. The highest BCUT2D eigenvalue weighted by Gasteiger charge is 2.20. The lowest BCUT2D eigenvalue weighted by atomic mass is 9.99. The Kier molecular flexibility index (Phi) is 2.11. The third kappa shape index (κ3) is 1.32. The minimum absolute atomic E-state index is 0.234. The van der Waals surface area contributed by atoms with Gasteiger partial charge in [0, 0.05) is 6.54 Å². The van der Waals surface area contributed by atoms with Crippen molar-refractivity contribution in [3.8, 4) is 0 Å². The molecule has 1 aliphatic heterocycles. The topological polar surface area (TPSA) is 49.3 Å². The first-order valence-corrected chi connectivity index (χ1v) is 4.48. The number of benzene rings is 1. The SMILES string of the molecule is O=C(O)c1c(F)ccc2c1NCCC2. The maximum Gasteiger partial charge on any atom is 0.340 e. The van der Waals surface area contributed by atoms with Gasteiger partial charge in [0.25, 0.3) is 0 Å². The van der Waals surface area contributed by atoms with Crippen molar-refractivity contribution in [2.45, 2.75) is 12.8 Å². The number of nitrogens with one attached hydrogen (secondary N) is 1. The number of carbonyl (C=O) groups is 1. The predicted octanol–water partition coefficient (Wildman–Crippen LogP) is 1.88. The molecule has 2 rings (SSSR count). The van der Waals surface area contributed by atoms with E-state index in [1.165, 1.54) is 6.07 Å². The van der Waals surface area contributed by atoms with Crippen molar-refractivity contribution in [2.75, 3.05) is 11.9 Å². The third-order valence-corrected chi connectivity index (χ3v) is 2.38. The molecule has 0 saturated heterocycles. The summed E-state index contributed by atoms with van der Waals surface area (Å²) in [6, 6.07) is 2.86. The first-order valence-electron chi connectivity index (χ1n) is 4.48. The summed E-state index contributed by atoms with van der Waals surface area (Å²) in [6.07, 6.45) is 1.76. The molecule has 0 spiro atoms. The number of aromatic carboxylic acids is 1. The lowest BCUT2D eigenvalue weighted by Gasteiger charge is -2.19. The van der Waals surface area contributed by atoms with Crippen LogP contribution in [0.3, 0.4) is 0 Å². The molecule has 1 aliphatic rings. The van der Waals surface area contributed by atoms with Crippen LogP contribution in [0.4, 0.5) is 10.1 Å². The minimum Gasteiger partial charge on any atom is -0.478 e. The Morgan fingerprint density at radius 2 is 2.29 bits per heavy atom. The van der Waals surface area contributed by atoms with E-state index in [1.54, 1.807) is 6.07 Å². The fraction of sp³-hybridized carbons (Fsp3) is 0.300. The van der Waals surface area contributed by atoms with Crippen LogP contribution in [0.5, 0.6) is 0 Å². The number of hydrogen-bond acceptors (Lipinski definition) is 2. The Bertz CT molecular complexity index is 390. The third-order valence-electron chi connectivity index (χ3n) is 2.38. The van der Waals surface area contributed by atoms with Gasteiger partial charge in [0.05, 0.1) is 5.69 Å². The molecule has 1 aromatic rings. The predicted molar refractivity (Wildman–Crippen MR) is 50.2 cm³/mol. The minimum atomic E-state index is -1.21. The van der Waals surface area contributed by atoms with Crippen molar-refractivity contribution in [1.29, 1.82) is 0 Å². The normalized spacial score (nSPS) is 14.4. The van der Waals surface area contributed by atoms with E-state index in [0.717, 1.165) is 18.4 Å². The van der Waals surface area contributed by atoms with Gasteiger partial charge in [0.1, 0.15) is 11.4 Å². The molecule has 0 unspecified atom stereocenters. The van der Waals surface area contributed by atoms with Gasteiger partial charge in [-0.25, -0.2) is 9.18 Å². The summed E-state index contributed by atoms with van der Waals surface area (Å²) in [6.45, 7) is 0.705. The fourth-order valence-electron chi connectivity index (χ4n) is 1.73. The zero-order valence-electron chi connectivity index (χ0n) is 7.51. The quantitative estimate of drug-likeness (QED) is 0.719. The summed E-state index contributed by atoms with van der Waals surface area (Å²) in [7, 11) is 0. The number of hydrogen-bond donors (Lipinski definition) is 2. The van der Waals surface area contributed by atoms with Crippen LogP contribution in [0.1, 0.15) is 22.3 Å². The van der Waals surface area contributed by atoms with Crippen LogP contribution >= 0.6 is 0 Å². The highest BCUT2D eigenvalue weighted by atomic mass is 19.1. The molecule has 0 aromatic heterocycles. The van der Waals surface area contributed by atoms with Crippen molar-refractivity contribution >= 4 is 11.7 Å². The molecule has 0 fully saturated rings. The van der Waals surface area contributed by atoms with Crippen LogP contribution in [0.2, 0.25) is 0 Å². The van der Waals surface area contributed by atoms with Gasteiger partial charge in [0.15, 0.2) is 0 Å². The van der Waals surface area contributed by atoms with E-state index in [-0.39, 0.29) is 5.56 Å². The first-order chi connectivity index (χ1) is 6.70. The fourth-order valence-corrected chi connectivity index (χ4v) is 1.73. The molecule has 4 heteroatoms. The number of halogens is 1. The van der Waals surface area contributed by atoms with Crippen molar-refractivity contribution < 1.29 is 14.3 Å². The second-order valence-corrected chi connectivity index (χ2v) is 3.29. The Labute approximate surface area is 80.6 Å². The van der Waals surface area contributed by atoms with E-state index < -0.39 is 11.8 Å². The molecule has 1 heterocycles. The average molecular weight is 195 g/mol. The van der Waals surface area contributed by atoms with Crippen LogP contribution in [0.25, 0.3) is 0 Å². The zero-order valence-corrected chi connectivity index (χ0v) is 7.51. The number of carboxylic acid groups (broad SMARTS) is 1. The number of aryl methyl sites for hydroxylation is 1. The molecular weight excluding hydrogens is 185 g/mol. The highest BCUT2D eigenvalue weighted by molar-refractivity contribution is 5.95. The van der Waals surface area contributed by atoms with Crippen molar-refractivity contribution in [3.63, 3.8) is 0 Å².